The zero-order valence-corrected chi connectivity index (χ0v) is 23.5. The fraction of sp³-hybridized carbons (Fsp3) is 0.429. The zero-order valence-electron chi connectivity index (χ0n) is 23.5. The maximum absolute atomic E-state index is 11.8. The topological polar surface area (TPSA) is 136 Å². The molecule has 0 radical (unpaired) electrons. The number of benzene rings is 2. The molecule has 3 aromatic rings. The van der Waals surface area contributed by atoms with Crippen LogP contribution in [-0.4, -0.2) is 43.1 Å². The summed E-state index contributed by atoms with van der Waals surface area (Å²) in [6, 6.07) is 13.0. The van der Waals surface area contributed by atoms with Gasteiger partial charge in [0.2, 0.25) is 17.8 Å². The molecule has 0 aliphatic rings. The smallest absolute Gasteiger partial charge is 0.335 e. The van der Waals surface area contributed by atoms with E-state index in [9.17, 15) is 9.90 Å². The standard InChI is InChI=1S/C28H40N8O2/c1-9-17(2)29-24-32-25(30-19-11-10-12-20(15-19)35-27(3,4)5)34-26(33-24)31-21-13-18(23(37)38)14-22(16-21)36-28(6,7)8/h10-17,35-36H,9H2,1-8H3,(H,37,38)(H3,29,30,31,32,33,34). The monoisotopic (exact) mass is 520 g/mol. The lowest BCUT2D eigenvalue weighted by molar-refractivity contribution is 0.0697. The van der Waals surface area contributed by atoms with E-state index in [1.54, 1.807) is 12.1 Å². The lowest BCUT2D eigenvalue weighted by Crippen LogP contribution is -2.26. The average molecular weight is 521 g/mol. The predicted octanol–water partition coefficient (Wildman–Crippen LogP) is 6.69. The number of hydrogen-bond acceptors (Lipinski definition) is 9. The molecule has 0 saturated carbocycles. The minimum Gasteiger partial charge on any atom is -0.478 e. The van der Waals surface area contributed by atoms with Gasteiger partial charge in [0.15, 0.2) is 0 Å². The molecule has 1 heterocycles. The fourth-order valence-electron chi connectivity index (χ4n) is 3.57. The Morgan fingerprint density at radius 2 is 1.29 bits per heavy atom. The molecule has 0 spiro atoms. The molecule has 0 aliphatic carbocycles. The SMILES string of the molecule is CCC(C)Nc1nc(Nc2cccc(NC(C)(C)C)c2)nc(Nc2cc(NC(C)(C)C)cc(C(=O)O)c2)n1. The molecule has 0 fully saturated rings. The molecular formula is C28H40N8O2. The van der Waals surface area contributed by atoms with E-state index in [1.807, 2.05) is 58.0 Å². The number of aromatic nitrogens is 3. The molecule has 1 atom stereocenters. The summed E-state index contributed by atoms with van der Waals surface area (Å²) in [7, 11) is 0. The normalized spacial score (nSPS) is 12.4. The maximum Gasteiger partial charge on any atom is 0.335 e. The molecule has 0 aliphatic heterocycles. The van der Waals surface area contributed by atoms with Crippen LogP contribution in [0.3, 0.4) is 0 Å². The van der Waals surface area contributed by atoms with Crippen molar-refractivity contribution < 1.29 is 9.90 Å². The van der Waals surface area contributed by atoms with E-state index < -0.39 is 5.97 Å². The summed E-state index contributed by atoms with van der Waals surface area (Å²) in [5, 5.41) is 26.2. The molecule has 6 N–H and O–H groups in total. The Hall–Kier alpha value is -4.08. The van der Waals surface area contributed by atoms with Crippen molar-refractivity contribution in [1.82, 2.24) is 15.0 Å². The summed E-state index contributed by atoms with van der Waals surface area (Å²) in [4.78, 5) is 25.5. The number of nitrogens with one attached hydrogen (secondary N) is 5. The number of anilines is 7. The van der Waals surface area contributed by atoms with Crippen molar-refractivity contribution in [2.75, 3.05) is 26.6 Å². The van der Waals surface area contributed by atoms with Gasteiger partial charge in [-0.15, -0.1) is 0 Å². The number of carboxylic acids is 1. The average Bonchev–Trinajstić information content (AvgIpc) is 2.76. The van der Waals surface area contributed by atoms with E-state index in [4.69, 9.17) is 0 Å². The van der Waals surface area contributed by atoms with E-state index in [2.05, 4.69) is 69.2 Å². The molecule has 3 rings (SSSR count). The van der Waals surface area contributed by atoms with Gasteiger partial charge in [0, 0.05) is 39.9 Å². The van der Waals surface area contributed by atoms with Crippen molar-refractivity contribution in [2.24, 2.45) is 0 Å². The van der Waals surface area contributed by atoms with Crippen molar-refractivity contribution in [3.05, 3.63) is 48.0 Å². The van der Waals surface area contributed by atoms with Gasteiger partial charge in [-0.05, 0) is 91.3 Å². The van der Waals surface area contributed by atoms with Gasteiger partial charge in [-0.1, -0.05) is 13.0 Å². The van der Waals surface area contributed by atoms with Gasteiger partial charge >= 0.3 is 5.97 Å². The van der Waals surface area contributed by atoms with Crippen molar-refractivity contribution in [3.8, 4) is 0 Å². The van der Waals surface area contributed by atoms with Crippen LogP contribution in [0.5, 0.6) is 0 Å². The summed E-state index contributed by atoms with van der Waals surface area (Å²) in [5.41, 5.74) is 2.82. The van der Waals surface area contributed by atoms with Crippen LogP contribution in [0, 0.1) is 0 Å². The Bertz CT molecular complexity index is 1260. The highest BCUT2D eigenvalue weighted by atomic mass is 16.4. The fourth-order valence-corrected chi connectivity index (χ4v) is 3.57. The van der Waals surface area contributed by atoms with Gasteiger partial charge < -0.3 is 31.7 Å². The van der Waals surface area contributed by atoms with Gasteiger partial charge in [-0.2, -0.15) is 15.0 Å². The highest BCUT2D eigenvalue weighted by Gasteiger charge is 2.15. The van der Waals surface area contributed by atoms with E-state index in [0.717, 1.165) is 17.8 Å². The highest BCUT2D eigenvalue weighted by molar-refractivity contribution is 5.91. The zero-order chi connectivity index (χ0) is 28.1. The maximum atomic E-state index is 11.8. The minimum absolute atomic E-state index is 0.0819. The molecule has 0 saturated heterocycles. The first-order valence-corrected chi connectivity index (χ1v) is 12.8. The molecule has 10 heteroatoms. The molecule has 204 valence electrons. The van der Waals surface area contributed by atoms with E-state index in [1.165, 1.54) is 0 Å². The van der Waals surface area contributed by atoms with E-state index in [0.29, 0.717) is 23.3 Å². The van der Waals surface area contributed by atoms with Crippen molar-refractivity contribution in [3.63, 3.8) is 0 Å². The van der Waals surface area contributed by atoms with Crippen LogP contribution in [0.1, 0.15) is 72.2 Å². The van der Waals surface area contributed by atoms with Crippen LogP contribution in [0.25, 0.3) is 0 Å². The Labute approximate surface area is 225 Å². The second-order valence-electron chi connectivity index (χ2n) is 11.4. The molecule has 1 unspecified atom stereocenters. The predicted molar refractivity (Wildman–Crippen MR) is 156 cm³/mol. The van der Waals surface area contributed by atoms with Crippen LogP contribution in [0.4, 0.5) is 40.6 Å². The first kappa shape index (κ1) is 28.5. The molecular weight excluding hydrogens is 480 g/mol. The number of hydrogen-bond donors (Lipinski definition) is 6. The number of rotatable bonds is 10. The van der Waals surface area contributed by atoms with Gasteiger partial charge in [0.1, 0.15) is 0 Å². The third-order valence-corrected chi connectivity index (χ3v) is 5.22. The number of carboxylic acid groups (broad SMARTS) is 1. The molecule has 0 bridgehead atoms. The summed E-state index contributed by atoms with van der Waals surface area (Å²) in [6.07, 6.45) is 0.889. The van der Waals surface area contributed by atoms with Gasteiger partial charge in [0.05, 0.1) is 5.56 Å². The van der Waals surface area contributed by atoms with Crippen LogP contribution in [-0.2, 0) is 0 Å². The van der Waals surface area contributed by atoms with Crippen molar-refractivity contribution in [1.29, 1.82) is 0 Å². The van der Waals surface area contributed by atoms with Crippen molar-refractivity contribution >= 4 is 46.6 Å². The Morgan fingerprint density at radius 3 is 1.87 bits per heavy atom. The van der Waals surface area contributed by atoms with Crippen LogP contribution in [0.15, 0.2) is 42.5 Å². The summed E-state index contributed by atoms with van der Waals surface area (Å²) < 4.78 is 0. The lowest BCUT2D eigenvalue weighted by Gasteiger charge is -2.23. The number of carbonyl (C=O) groups is 1. The molecule has 10 nitrogen and oxygen atoms in total. The van der Waals surface area contributed by atoms with Crippen LogP contribution in [0.2, 0.25) is 0 Å². The Balaban J connectivity index is 1.96. The second-order valence-corrected chi connectivity index (χ2v) is 11.4. The second kappa shape index (κ2) is 11.5. The van der Waals surface area contributed by atoms with Crippen LogP contribution >= 0.6 is 0 Å². The van der Waals surface area contributed by atoms with E-state index >= 15 is 0 Å². The molecule has 0 amide bonds. The minimum atomic E-state index is -1.02. The van der Waals surface area contributed by atoms with E-state index in [-0.39, 0.29) is 28.6 Å². The largest absolute Gasteiger partial charge is 0.478 e. The highest BCUT2D eigenvalue weighted by Crippen LogP contribution is 2.26. The van der Waals surface area contributed by atoms with Gasteiger partial charge in [-0.3, -0.25) is 0 Å². The summed E-state index contributed by atoms with van der Waals surface area (Å²) in [5.74, 6) is 0.0161. The number of nitrogens with zero attached hydrogens (tertiary/aromatic N) is 3. The first-order chi connectivity index (χ1) is 17.7. The molecule has 38 heavy (non-hydrogen) atoms. The summed E-state index contributed by atoms with van der Waals surface area (Å²) >= 11 is 0. The van der Waals surface area contributed by atoms with Crippen LogP contribution < -0.4 is 26.6 Å². The number of aromatic carboxylic acids is 1. The molecule has 1 aromatic heterocycles. The van der Waals surface area contributed by atoms with Gasteiger partial charge in [0.25, 0.3) is 0 Å². The van der Waals surface area contributed by atoms with Crippen molar-refractivity contribution in [2.45, 2.75) is 78.9 Å². The van der Waals surface area contributed by atoms with Gasteiger partial charge in [-0.25, -0.2) is 4.79 Å². The lowest BCUT2D eigenvalue weighted by atomic mass is 10.1. The Morgan fingerprint density at radius 1 is 0.789 bits per heavy atom. The third-order valence-electron chi connectivity index (χ3n) is 5.22. The Kier molecular flexibility index (Phi) is 8.65. The summed E-state index contributed by atoms with van der Waals surface area (Å²) in [6.45, 7) is 16.5. The third kappa shape index (κ3) is 9.10. The molecule has 2 aromatic carbocycles. The first-order valence-electron chi connectivity index (χ1n) is 12.8. The quantitative estimate of drug-likeness (QED) is 0.171.